The van der Waals surface area contributed by atoms with Gasteiger partial charge in [0.2, 0.25) is 0 Å². The first-order valence-corrected chi connectivity index (χ1v) is 7.05. The van der Waals surface area contributed by atoms with Gasteiger partial charge >= 0.3 is 0 Å². The molecule has 2 aromatic carbocycles. The Balaban J connectivity index is 2.45. The minimum absolute atomic E-state index is 0.238. The minimum atomic E-state index is -0.238. The van der Waals surface area contributed by atoms with E-state index in [9.17, 15) is 4.39 Å². The van der Waals surface area contributed by atoms with Crippen LogP contribution in [-0.4, -0.2) is 13.1 Å². The summed E-state index contributed by atoms with van der Waals surface area (Å²) in [5.41, 5.74) is 8.77. The van der Waals surface area contributed by atoms with E-state index in [0.717, 1.165) is 29.9 Å². The van der Waals surface area contributed by atoms with E-state index in [1.165, 1.54) is 12.1 Å². The van der Waals surface area contributed by atoms with Crippen LogP contribution in [0.2, 0.25) is 5.02 Å². The lowest BCUT2D eigenvalue weighted by molar-refractivity contribution is 0.628. The lowest BCUT2D eigenvalue weighted by Gasteiger charge is -2.26. The average Bonchev–Trinajstić information content (AvgIpc) is 2.45. The van der Waals surface area contributed by atoms with Crippen molar-refractivity contribution in [3.63, 3.8) is 0 Å². The second-order valence-corrected chi connectivity index (χ2v) is 4.97. The summed E-state index contributed by atoms with van der Waals surface area (Å²) in [4.78, 5) is 2.11. The van der Waals surface area contributed by atoms with Gasteiger partial charge in [0, 0.05) is 22.9 Å². The van der Waals surface area contributed by atoms with Crippen molar-refractivity contribution in [2.24, 2.45) is 5.73 Å². The van der Waals surface area contributed by atoms with Crippen LogP contribution in [0.25, 0.3) is 0 Å². The highest BCUT2D eigenvalue weighted by atomic mass is 35.5. The second kappa shape index (κ2) is 6.73. The van der Waals surface area contributed by atoms with Crippen molar-refractivity contribution in [2.45, 2.75) is 13.3 Å². The Hall–Kier alpha value is -1.58. The molecule has 0 amide bonds. The molecule has 2 aromatic rings. The summed E-state index contributed by atoms with van der Waals surface area (Å²) in [7, 11) is 0. The van der Waals surface area contributed by atoms with E-state index < -0.39 is 0 Å². The summed E-state index contributed by atoms with van der Waals surface area (Å²) in [6.07, 6.45) is 0.782. The van der Waals surface area contributed by atoms with E-state index in [1.54, 1.807) is 12.1 Å². The second-order valence-electron chi connectivity index (χ2n) is 4.53. The van der Waals surface area contributed by atoms with Gasteiger partial charge in [0.15, 0.2) is 0 Å². The van der Waals surface area contributed by atoms with Crippen LogP contribution in [0.15, 0.2) is 42.5 Å². The quantitative estimate of drug-likeness (QED) is 0.897. The highest BCUT2D eigenvalue weighted by molar-refractivity contribution is 6.30. The molecule has 0 heterocycles. The predicted octanol–water partition coefficient (Wildman–Crippen LogP) is 4.14. The zero-order chi connectivity index (χ0) is 14.5. The third-order valence-electron chi connectivity index (χ3n) is 3.21. The molecular weight excluding hydrogens is 275 g/mol. The van der Waals surface area contributed by atoms with Crippen LogP contribution < -0.4 is 10.6 Å². The Morgan fingerprint density at radius 2 is 1.85 bits per heavy atom. The van der Waals surface area contributed by atoms with Crippen LogP contribution in [0.1, 0.15) is 12.5 Å². The van der Waals surface area contributed by atoms with E-state index in [1.807, 2.05) is 18.2 Å². The van der Waals surface area contributed by atoms with Gasteiger partial charge in [-0.05, 0) is 61.9 Å². The van der Waals surface area contributed by atoms with Gasteiger partial charge in [0.1, 0.15) is 5.82 Å². The van der Waals surface area contributed by atoms with E-state index in [0.29, 0.717) is 11.6 Å². The number of anilines is 2. The Bertz CT molecular complexity index is 569. The summed E-state index contributed by atoms with van der Waals surface area (Å²) in [6, 6.07) is 12.3. The van der Waals surface area contributed by atoms with Gasteiger partial charge in [-0.3, -0.25) is 0 Å². The first-order valence-electron chi connectivity index (χ1n) is 6.67. The molecule has 0 fully saturated rings. The van der Waals surface area contributed by atoms with Gasteiger partial charge in [0.05, 0.1) is 0 Å². The van der Waals surface area contributed by atoms with Crippen molar-refractivity contribution in [3.8, 4) is 0 Å². The van der Waals surface area contributed by atoms with Gasteiger partial charge in [-0.15, -0.1) is 0 Å². The molecule has 0 radical (unpaired) electrons. The van der Waals surface area contributed by atoms with E-state index >= 15 is 0 Å². The number of halogens is 2. The fourth-order valence-corrected chi connectivity index (χ4v) is 2.43. The lowest BCUT2D eigenvalue weighted by Crippen LogP contribution is -2.18. The molecule has 0 atom stereocenters. The number of hydrogen-bond acceptors (Lipinski definition) is 2. The van der Waals surface area contributed by atoms with Crippen molar-refractivity contribution in [2.75, 3.05) is 18.0 Å². The van der Waals surface area contributed by atoms with Gasteiger partial charge in [0.25, 0.3) is 0 Å². The number of hydrogen-bond donors (Lipinski definition) is 1. The third kappa shape index (κ3) is 3.30. The Kier molecular flexibility index (Phi) is 4.99. The molecule has 106 valence electrons. The van der Waals surface area contributed by atoms with Crippen LogP contribution in [0.3, 0.4) is 0 Å². The van der Waals surface area contributed by atoms with Crippen LogP contribution >= 0.6 is 11.6 Å². The maximum Gasteiger partial charge on any atom is 0.123 e. The minimum Gasteiger partial charge on any atom is -0.341 e. The highest BCUT2D eigenvalue weighted by Crippen LogP contribution is 2.31. The summed E-state index contributed by atoms with van der Waals surface area (Å²) >= 11 is 6.11. The van der Waals surface area contributed by atoms with Crippen LogP contribution in [0.5, 0.6) is 0 Å². The third-order valence-corrected chi connectivity index (χ3v) is 3.44. The summed E-state index contributed by atoms with van der Waals surface area (Å²) in [6.45, 7) is 3.40. The molecule has 0 saturated heterocycles. The first-order chi connectivity index (χ1) is 9.65. The van der Waals surface area contributed by atoms with Crippen molar-refractivity contribution in [1.29, 1.82) is 0 Å². The molecule has 4 heteroatoms. The summed E-state index contributed by atoms with van der Waals surface area (Å²) < 4.78 is 13.1. The average molecular weight is 293 g/mol. The first kappa shape index (κ1) is 14.8. The highest BCUT2D eigenvalue weighted by Gasteiger charge is 2.12. The molecule has 20 heavy (non-hydrogen) atoms. The topological polar surface area (TPSA) is 29.3 Å². The molecule has 0 bridgehead atoms. The zero-order valence-electron chi connectivity index (χ0n) is 11.4. The van der Waals surface area contributed by atoms with E-state index in [4.69, 9.17) is 17.3 Å². The number of benzene rings is 2. The molecule has 0 saturated carbocycles. The number of rotatable bonds is 5. The Morgan fingerprint density at radius 3 is 2.45 bits per heavy atom. The monoisotopic (exact) mass is 292 g/mol. The predicted molar refractivity (Wildman–Crippen MR) is 83.3 cm³/mol. The fraction of sp³-hybridized carbons (Fsp3) is 0.250. The fourth-order valence-electron chi connectivity index (χ4n) is 2.27. The maximum atomic E-state index is 13.1. The van der Waals surface area contributed by atoms with Crippen molar-refractivity contribution in [3.05, 3.63) is 58.9 Å². The Labute approximate surface area is 124 Å². The summed E-state index contributed by atoms with van der Waals surface area (Å²) in [5.74, 6) is -0.238. The molecule has 2 nitrogen and oxygen atoms in total. The number of nitrogens with two attached hydrogens (primary N) is 1. The molecule has 0 unspecified atom stereocenters. The molecule has 0 aromatic heterocycles. The standard InChI is InChI=1S/C16H18ClFN2/c1-2-20(15-7-5-14(18)6-8-15)16-11-13(17)4-3-12(16)9-10-19/h3-8,11H,2,9-10,19H2,1H3. The Morgan fingerprint density at radius 1 is 1.15 bits per heavy atom. The van der Waals surface area contributed by atoms with Gasteiger partial charge in [-0.25, -0.2) is 4.39 Å². The number of nitrogens with zero attached hydrogens (tertiary/aromatic N) is 1. The maximum absolute atomic E-state index is 13.1. The zero-order valence-corrected chi connectivity index (χ0v) is 12.2. The van der Waals surface area contributed by atoms with Gasteiger partial charge in [-0.1, -0.05) is 17.7 Å². The van der Waals surface area contributed by atoms with Gasteiger partial charge in [-0.2, -0.15) is 0 Å². The van der Waals surface area contributed by atoms with E-state index in [2.05, 4.69) is 11.8 Å². The lowest BCUT2D eigenvalue weighted by atomic mass is 10.1. The smallest absolute Gasteiger partial charge is 0.123 e. The molecule has 0 spiro atoms. The molecule has 0 aliphatic carbocycles. The van der Waals surface area contributed by atoms with Crippen LogP contribution in [0, 0.1) is 5.82 Å². The molecule has 2 N–H and O–H groups in total. The molecule has 0 aliphatic heterocycles. The van der Waals surface area contributed by atoms with Gasteiger partial charge < -0.3 is 10.6 Å². The normalized spacial score (nSPS) is 10.6. The van der Waals surface area contributed by atoms with Crippen molar-refractivity contribution < 1.29 is 4.39 Å². The molecular formula is C16H18ClFN2. The van der Waals surface area contributed by atoms with E-state index in [-0.39, 0.29) is 5.82 Å². The van der Waals surface area contributed by atoms with Crippen molar-refractivity contribution in [1.82, 2.24) is 0 Å². The van der Waals surface area contributed by atoms with Crippen LogP contribution in [-0.2, 0) is 6.42 Å². The summed E-state index contributed by atoms with van der Waals surface area (Å²) in [5, 5.41) is 0.682. The SMILES string of the molecule is CCN(c1ccc(F)cc1)c1cc(Cl)ccc1CCN. The molecule has 2 rings (SSSR count). The molecule has 0 aliphatic rings. The largest absolute Gasteiger partial charge is 0.341 e. The van der Waals surface area contributed by atoms with Crippen molar-refractivity contribution >= 4 is 23.0 Å². The van der Waals surface area contributed by atoms with Crippen LogP contribution in [0.4, 0.5) is 15.8 Å².